The standard InChI is InChI=1S/C19H27N3O4/c1-25-17-5-3-2-4-16(17)6-7-18(23)20-8-10-21(11-9-20)19(24)22-12-14-26-15-13-22/h2-5H,6-15H2,1H3. The molecule has 142 valence electrons. The summed E-state index contributed by atoms with van der Waals surface area (Å²) in [5, 5.41) is 0. The summed E-state index contributed by atoms with van der Waals surface area (Å²) >= 11 is 0. The van der Waals surface area contributed by atoms with E-state index in [9.17, 15) is 9.59 Å². The molecular formula is C19H27N3O4. The van der Waals surface area contributed by atoms with Crippen LogP contribution in [0.25, 0.3) is 0 Å². The fourth-order valence-corrected chi connectivity index (χ4v) is 3.41. The summed E-state index contributed by atoms with van der Waals surface area (Å²) in [6.07, 6.45) is 1.12. The van der Waals surface area contributed by atoms with Gasteiger partial charge in [-0.3, -0.25) is 4.79 Å². The maximum absolute atomic E-state index is 12.5. The van der Waals surface area contributed by atoms with Gasteiger partial charge in [-0.25, -0.2) is 4.79 Å². The largest absolute Gasteiger partial charge is 0.496 e. The van der Waals surface area contributed by atoms with Gasteiger partial charge in [-0.15, -0.1) is 0 Å². The number of piperazine rings is 1. The van der Waals surface area contributed by atoms with Crippen LogP contribution >= 0.6 is 0 Å². The highest BCUT2D eigenvalue weighted by molar-refractivity contribution is 5.78. The van der Waals surface area contributed by atoms with Crippen molar-refractivity contribution < 1.29 is 19.1 Å². The van der Waals surface area contributed by atoms with Gasteiger partial charge in [0.1, 0.15) is 5.75 Å². The van der Waals surface area contributed by atoms with Gasteiger partial charge in [0, 0.05) is 45.7 Å². The van der Waals surface area contributed by atoms with Crippen LogP contribution in [0.2, 0.25) is 0 Å². The highest BCUT2D eigenvalue weighted by Crippen LogP contribution is 2.19. The van der Waals surface area contributed by atoms with E-state index in [1.54, 1.807) is 7.11 Å². The predicted molar refractivity (Wildman–Crippen MR) is 97.3 cm³/mol. The van der Waals surface area contributed by atoms with E-state index in [1.165, 1.54) is 0 Å². The topological polar surface area (TPSA) is 62.3 Å². The molecule has 0 spiro atoms. The molecule has 0 aromatic heterocycles. The smallest absolute Gasteiger partial charge is 0.320 e. The van der Waals surface area contributed by atoms with Crippen LogP contribution in [-0.4, -0.2) is 86.2 Å². The summed E-state index contributed by atoms with van der Waals surface area (Å²) < 4.78 is 10.6. The van der Waals surface area contributed by atoms with Crippen molar-refractivity contribution in [2.45, 2.75) is 12.8 Å². The lowest BCUT2D eigenvalue weighted by atomic mass is 10.1. The monoisotopic (exact) mass is 361 g/mol. The van der Waals surface area contributed by atoms with E-state index in [-0.39, 0.29) is 11.9 Å². The Morgan fingerprint density at radius 2 is 1.58 bits per heavy atom. The molecule has 7 nitrogen and oxygen atoms in total. The maximum Gasteiger partial charge on any atom is 0.320 e. The van der Waals surface area contributed by atoms with E-state index in [4.69, 9.17) is 9.47 Å². The number of methoxy groups -OCH3 is 1. The van der Waals surface area contributed by atoms with E-state index in [0.29, 0.717) is 65.3 Å². The van der Waals surface area contributed by atoms with Crippen LogP contribution in [0.3, 0.4) is 0 Å². The van der Waals surface area contributed by atoms with Gasteiger partial charge in [0.15, 0.2) is 0 Å². The minimum Gasteiger partial charge on any atom is -0.496 e. The quantitative estimate of drug-likeness (QED) is 0.809. The summed E-state index contributed by atoms with van der Waals surface area (Å²) in [4.78, 5) is 30.5. The van der Waals surface area contributed by atoms with E-state index in [2.05, 4.69) is 0 Å². The molecule has 0 N–H and O–H groups in total. The zero-order valence-corrected chi connectivity index (χ0v) is 15.4. The molecule has 2 heterocycles. The molecule has 7 heteroatoms. The van der Waals surface area contributed by atoms with E-state index >= 15 is 0 Å². The molecule has 0 radical (unpaired) electrons. The van der Waals surface area contributed by atoms with Gasteiger partial charge in [-0.1, -0.05) is 18.2 Å². The zero-order chi connectivity index (χ0) is 18.4. The third-order valence-corrected chi connectivity index (χ3v) is 4.99. The molecule has 2 aliphatic rings. The highest BCUT2D eigenvalue weighted by Gasteiger charge is 2.27. The summed E-state index contributed by atoms with van der Waals surface area (Å²) in [7, 11) is 1.64. The molecule has 0 bridgehead atoms. The van der Waals surface area contributed by atoms with Crippen molar-refractivity contribution in [2.75, 3.05) is 59.6 Å². The van der Waals surface area contributed by atoms with Crippen LogP contribution in [0.5, 0.6) is 5.75 Å². The SMILES string of the molecule is COc1ccccc1CCC(=O)N1CCN(C(=O)N2CCOCC2)CC1. The van der Waals surface area contributed by atoms with Crippen molar-refractivity contribution in [1.82, 2.24) is 14.7 Å². The Morgan fingerprint density at radius 3 is 2.27 bits per heavy atom. The minimum atomic E-state index is 0.0643. The Morgan fingerprint density at radius 1 is 0.962 bits per heavy atom. The van der Waals surface area contributed by atoms with E-state index in [1.807, 2.05) is 39.0 Å². The van der Waals surface area contributed by atoms with Crippen LogP contribution in [0.15, 0.2) is 24.3 Å². The third-order valence-electron chi connectivity index (χ3n) is 4.99. The van der Waals surface area contributed by atoms with Gasteiger partial charge in [0.05, 0.1) is 20.3 Å². The molecule has 1 aromatic carbocycles. The molecule has 2 fully saturated rings. The molecule has 0 aliphatic carbocycles. The number of benzene rings is 1. The van der Waals surface area contributed by atoms with Gasteiger partial charge in [0.2, 0.25) is 5.91 Å². The molecule has 2 aliphatic heterocycles. The third kappa shape index (κ3) is 4.46. The molecular weight excluding hydrogens is 334 g/mol. The number of morpholine rings is 1. The second-order valence-corrected chi connectivity index (χ2v) is 6.56. The fraction of sp³-hybridized carbons (Fsp3) is 0.579. The van der Waals surface area contributed by atoms with Crippen LogP contribution in [0, 0.1) is 0 Å². The molecule has 3 amide bonds. The fourth-order valence-electron chi connectivity index (χ4n) is 3.41. The molecule has 0 atom stereocenters. The number of ether oxygens (including phenoxy) is 2. The number of rotatable bonds is 4. The number of amides is 3. The van der Waals surface area contributed by atoms with Crippen molar-refractivity contribution in [2.24, 2.45) is 0 Å². The lowest BCUT2D eigenvalue weighted by Gasteiger charge is -2.38. The number of hydrogen-bond donors (Lipinski definition) is 0. The van der Waals surface area contributed by atoms with Gasteiger partial charge >= 0.3 is 6.03 Å². The van der Waals surface area contributed by atoms with Crippen molar-refractivity contribution in [3.63, 3.8) is 0 Å². The summed E-state index contributed by atoms with van der Waals surface area (Å²) in [5.41, 5.74) is 1.05. The summed E-state index contributed by atoms with van der Waals surface area (Å²) in [6.45, 7) is 4.89. The molecule has 3 rings (SSSR count). The molecule has 1 aromatic rings. The van der Waals surface area contributed by atoms with Gasteiger partial charge in [0.25, 0.3) is 0 Å². The van der Waals surface area contributed by atoms with Crippen LogP contribution < -0.4 is 4.74 Å². The summed E-state index contributed by atoms with van der Waals surface area (Å²) in [6, 6.07) is 7.85. The number of carbonyl (C=O) groups excluding carboxylic acids is 2. The van der Waals surface area contributed by atoms with Crippen molar-refractivity contribution >= 4 is 11.9 Å². The molecule has 26 heavy (non-hydrogen) atoms. The number of hydrogen-bond acceptors (Lipinski definition) is 4. The number of urea groups is 1. The summed E-state index contributed by atoms with van der Waals surface area (Å²) in [5.74, 6) is 0.954. The zero-order valence-electron chi connectivity index (χ0n) is 15.4. The minimum absolute atomic E-state index is 0.0643. The van der Waals surface area contributed by atoms with Crippen LogP contribution in [0.1, 0.15) is 12.0 Å². The Kier molecular flexibility index (Phi) is 6.33. The average molecular weight is 361 g/mol. The Balaban J connectivity index is 1.45. The first kappa shape index (κ1) is 18.5. The Bertz CT molecular complexity index is 623. The normalized spacial score (nSPS) is 18.0. The van der Waals surface area contributed by atoms with Gasteiger partial charge in [-0.05, 0) is 18.1 Å². The number of carbonyl (C=O) groups is 2. The number of para-hydroxylation sites is 1. The van der Waals surface area contributed by atoms with Gasteiger partial charge in [-0.2, -0.15) is 0 Å². The molecule has 2 saturated heterocycles. The first-order chi connectivity index (χ1) is 12.7. The highest BCUT2D eigenvalue weighted by atomic mass is 16.5. The number of aryl methyl sites for hydroxylation is 1. The van der Waals surface area contributed by atoms with Crippen molar-refractivity contribution in [1.29, 1.82) is 0 Å². The van der Waals surface area contributed by atoms with Crippen LogP contribution in [0.4, 0.5) is 4.79 Å². The van der Waals surface area contributed by atoms with Crippen LogP contribution in [-0.2, 0) is 16.0 Å². The molecule has 0 unspecified atom stereocenters. The maximum atomic E-state index is 12.5. The van der Waals surface area contributed by atoms with E-state index in [0.717, 1.165) is 11.3 Å². The lowest BCUT2D eigenvalue weighted by molar-refractivity contribution is -0.132. The predicted octanol–water partition coefficient (Wildman–Crippen LogP) is 1.22. The van der Waals surface area contributed by atoms with Gasteiger partial charge < -0.3 is 24.2 Å². The number of nitrogens with zero attached hydrogens (tertiary/aromatic N) is 3. The average Bonchev–Trinajstić information content (AvgIpc) is 2.72. The second-order valence-electron chi connectivity index (χ2n) is 6.56. The van der Waals surface area contributed by atoms with E-state index < -0.39 is 0 Å². The van der Waals surface area contributed by atoms with Crippen molar-refractivity contribution in [3.05, 3.63) is 29.8 Å². The lowest BCUT2D eigenvalue weighted by Crippen LogP contribution is -2.55. The first-order valence-electron chi connectivity index (χ1n) is 9.20. The first-order valence-corrected chi connectivity index (χ1v) is 9.20. The molecule has 0 saturated carbocycles. The Labute approximate surface area is 154 Å². The second kappa shape index (κ2) is 8.89. The Hall–Kier alpha value is -2.28. The van der Waals surface area contributed by atoms with Crippen molar-refractivity contribution in [3.8, 4) is 5.75 Å².